The van der Waals surface area contributed by atoms with Crippen LogP contribution < -0.4 is 15.4 Å². The largest absolute Gasteiger partial charge is 0.488 e. The Morgan fingerprint density at radius 2 is 1.66 bits per heavy atom. The zero-order valence-electron chi connectivity index (χ0n) is 37.4. The number of H-pyrrole nitrogens is 2. The number of aromatic nitrogens is 4. The Bertz CT molecular complexity index is 2560. The first-order valence-electron chi connectivity index (χ1n) is 22.1. The van der Waals surface area contributed by atoms with Crippen molar-refractivity contribution in [2.24, 2.45) is 17.8 Å². The number of imidazole rings is 2. The third-order valence-corrected chi connectivity index (χ3v) is 13.4. The molecule has 340 valence electrons. The van der Waals surface area contributed by atoms with Crippen LogP contribution in [0.4, 0.5) is 9.59 Å². The van der Waals surface area contributed by atoms with Crippen LogP contribution in [0.2, 0.25) is 0 Å². The summed E-state index contributed by atoms with van der Waals surface area (Å²) >= 11 is 0. The molecule has 0 aliphatic carbocycles. The van der Waals surface area contributed by atoms with Crippen LogP contribution in [0, 0.1) is 17.8 Å². The summed E-state index contributed by atoms with van der Waals surface area (Å²) in [5, 5.41) is 17.2. The van der Waals surface area contributed by atoms with Gasteiger partial charge >= 0.3 is 12.2 Å². The van der Waals surface area contributed by atoms with E-state index in [1.807, 2.05) is 37.8 Å². The zero-order chi connectivity index (χ0) is 45.4. The Labute approximate surface area is 371 Å². The van der Waals surface area contributed by atoms with Crippen molar-refractivity contribution in [1.29, 1.82) is 0 Å². The van der Waals surface area contributed by atoms with Crippen molar-refractivity contribution in [2.45, 2.75) is 90.2 Å². The quantitative estimate of drug-likeness (QED) is 0.0876. The number of likely N-dealkylation sites (tertiary alicyclic amines) is 2. The van der Waals surface area contributed by atoms with E-state index in [2.05, 4.69) is 50.9 Å². The monoisotopic (exact) mass is 878 g/mol. The number of fused-ring (bicyclic) bond motifs is 6. The van der Waals surface area contributed by atoms with Gasteiger partial charge in [-0.25, -0.2) is 19.6 Å². The normalized spacial score (nSPS) is 21.1. The summed E-state index contributed by atoms with van der Waals surface area (Å²) in [7, 11) is 4.19. The minimum absolute atomic E-state index is 0.0891. The van der Waals surface area contributed by atoms with Gasteiger partial charge in [0.1, 0.15) is 36.1 Å². The fourth-order valence-electron chi connectivity index (χ4n) is 9.64. The Morgan fingerprint density at radius 3 is 2.36 bits per heavy atom. The van der Waals surface area contributed by atoms with Gasteiger partial charge < -0.3 is 54.5 Å². The van der Waals surface area contributed by atoms with Crippen LogP contribution in [0.1, 0.15) is 82.7 Å². The average Bonchev–Trinajstić information content (AvgIpc) is 4.14. The Kier molecular flexibility index (Phi) is 12.8. The number of methoxy groups -OCH3 is 3. The summed E-state index contributed by atoms with van der Waals surface area (Å²) in [4.78, 5) is 73.1. The molecule has 5 heterocycles. The number of carbonyl (C=O) groups is 4. The Hall–Kier alpha value is -6.20. The lowest BCUT2D eigenvalue weighted by Gasteiger charge is -2.33. The molecular formula is C47H58N8O9. The van der Waals surface area contributed by atoms with Gasteiger partial charge in [-0.05, 0) is 78.4 Å². The number of aromatic amines is 2. The molecule has 17 heteroatoms. The van der Waals surface area contributed by atoms with Crippen molar-refractivity contribution in [3.05, 3.63) is 65.9 Å². The lowest BCUT2D eigenvalue weighted by atomic mass is 9.92. The number of rotatable bonds is 13. The number of carbonyl (C=O) groups excluding carboxylic acids is 4. The fourth-order valence-corrected chi connectivity index (χ4v) is 9.64. The lowest BCUT2D eigenvalue weighted by Crippen LogP contribution is -2.53. The summed E-state index contributed by atoms with van der Waals surface area (Å²) in [5.74, 6) is 1.03. The highest BCUT2D eigenvalue weighted by atomic mass is 16.5. The molecule has 5 aromatic rings. The maximum Gasteiger partial charge on any atom is 0.407 e. The van der Waals surface area contributed by atoms with E-state index in [1.54, 1.807) is 25.1 Å². The van der Waals surface area contributed by atoms with Crippen LogP contribution in [0.3, 0.4) is 0 Å². The number of ether oxygens (including phenoxy) is 4. The van der Waals surface area contributed by atoms with E-state index in [1.165, 1.54) is 14.2 Å². The van der Waals surface area contributed by atoms with E-state index in [0.29, 0.717) is 50.7 Å². The Morgan fingerprint density at radius 1 is 0.906 bits per heavy atom. The van der Waals surface area contributed by atoms with Crippen LogP contribution in [-0.4, -0.2) is 118 Å². The van der Waals surface area contributed by atoms with E-state index in [-0.39, 0.29) is 48.4 Å². The van der Waals surface area contributed by atoms with Crippen molar-refractivity contribution in [1.82, 2.24) is 40.4 Å². The average molecular weight is 879 g/mol. The number of aliphatic hydroxyl groups excluding tert-OH is 1. The van der Waals surface area contributed by atoms with E-state index < -0.39 is 30.2 Å². The summed E-state index contributed by atoms with van der Waals surface area (Å²) in [5.41, 5.74) is 6.36. The molecule has 2 fully saturated rings. The molecule has 8 atom stereocenters. The van der Waals surface area contributed by atoms with Crippen LogP contribution in [0.15, 0.2) is 48.7 Å². The summed E-state index contributed by atoms with van der Waals surface area (Å²) in [6.45, 7) is 8.65. The molecule has 64 heavy (non-hydrogen) atoms. The van der Waals surface area contributed by atoms with Gasteiger partial charge in [0.2, 0.25) is 11.8 Å². The van der Waals surface area contributed by atoms with Crippen molar-refractivity contribution >= 4 is 45.8 Å². The molecule has 5 N–H and O–H groups in total. The van der Waals surface area contributed by atoms with Crippen LogP contribution >= 0.6 is 0 Å². The Balaban J connectivity index is 1.05. The topological polar surface area (TPSA) is 213 Å². The molecule has 0 saturated carbocycles. The second-order valence-electron chi connectivity index (χ2n) is 17.5. The minimum atomic E-state index is -0.959. The lowest BCUT2D eigenvalue weighted by molar-refractivity contribution is -0.138. The van der Waals surface area contributed by atoms with Gasteiger partial charge in [0.15, 0.2) is 0 Å². The molecule has 0 radical (unpaired) electrons. The number of hydrogen-bond acceptors (Lipinski definition) is 11. The number of amides is 4. The van der Waals surface area contributed by atoms with Gasteiger partial charge in [-0.15, -0.1) is 0 Å². The third-order valence-electron chi connectivity index (χ3n) is 13.4. The molecule has 3 aromatic carbocycles. The first-order chi connectivity index (χ1) is 30.9. The number of alkyl carbamates (subject to hydrolysis) is 2. The number of aliphatic hydroxyl groups is 1. The molecule has 17 nitrogen and oxygen atoms in total. The molecule has 0 bridgehead atoms. The molecular weight excluding hydrogens is 821 g/mol. The minimum Gasteiger partial charge on any atom is -0.488 e. The first-order valence-corrected chi connectivity index (χ1v) is 22.1. The van der Waals surface area contributed by atoms with E-state index in [9.17, 15) is 24.3 Å². The SMILES string of the molecule is CC[C@H](C)[C@H](NC(=O)OC)C(=O)N1C[C@@H](COC)C[C@H]1c1nc2c(ccc3cc4c(cc32)OCc2cc(-c3cnc([C@@H]5CC[C@H](C)N5C(=O)[C@@H](NC(=O)OC)[C@@H](C)CO)[nH]3)ccc2-4)[nH]1. The van der Waals surface area contributed by atoms with Crippen molar-refractivity contribution in [3.8, 4) is 28.1 Å². The van der Waals surface area contributed by atoms with Gasteiger partial charge in [0, 0.05) is 49.1 Å². The fraction of sp³-hybridized carbons (Fsp3) is 0.489. The summed E-state index contributed by atoms with van der Waals surface area (Å²) in [6.07, 6.45) is 3.19. The second-order valence-corrected chi connectivity index (χ2v) is 17.5. The molecule has 3 aliphatic rings. The number of nitrogens with one attached hydrogen (secondary N) is 4. The van der Waals surface area contributed by atoms with Gasteiger partial charge in [-0.3, -0.25) is 9.59 Å². The standard InChI is InChI=1S/C47H58N8O9/c1-8-24(2)39(52-46(59)62-6)44(57)54-20-27(22-61-5)15-37(54)43-49-34-13-11-28-17-33-31-12-10-29(16-30(31)23-64-38(33)18-32(28)41(34)51-43)35-19-48-42(50-35)36-14-9-26(4)55(36)45(58)40(25(3)21-56)53-47(60)63-7/h10-13,16-19,24-27,36-37,39-40,56H,8-9,14-15,20-23H2,1-7H3,(H,48,50)(H,49,51)(H,52,59)(H,53,60)/t24-,25-,26-,27-,36-,37-,39-,40-/m0/s1. The molecule has 8 rings (SSSR count). The zero-order valence-corrected chi connectivity index (χ0v) is 37.4. The van der Waals surface area contributed by atoms with Crippen molar-refractivity contribution < 1.29 is 43.2 Å². The van der Waals surface area contributed by atoms with Gasteiger partial charge in [-0.1, -0.05) is 45.4 Å². The number of hydrogen-bond donors (Lipinski definition) is 5. The van der Waals surface area contributed by atoms with Crippen LogP contribution in [0.5, 0.6) is 5.75 Å². The van der Waals surface area contributed by atoms with Crippen molar-refractivity contribution in [2.75, 3.05) is 41.1 Å². The molecule has 0 unspecified atom stereocenters. The van der Waals surface area contributed by atoms with E-state index in [4.69, 9.17) is 28.9 Å². The second kappa shape index (κ2) is 18.5. The van der Waals surface area contributed by atoms with Crippen LogP contribution in [0.25, 0.3) is 44.2 Å². The van der Waals surface area contributed by atoms with E-state index >= 15 is 0 Å². The van der Waals surface area contributed by atoms with Gasteiger partial charge in [-0.2, -0.15) is 0 Å². The molecule has 2 saturated heterocycles. The highest BCUT2D eigenvalue weighted by molar-refractivity contribution is 6.07. The molecule has 4 amide bonds. The maximum atomic E-state index is 14.2. The predicted octanol–water partition coefficient (Wildman–Crippen LogP) is 6.38. The highest BCUT2D eigenvalue weighted by Gasteiger charge is 2.43. The molecule has 3 aliphatic heterocycles. The molecule has 0 spiro atoms. The number of benzene rings is 3. The third kappa shape index (κ3) is 8.33. The van der Waals surface area contributed by atoms with Crippen molar-refractivity contribution in [3.63, 3.8) is 0 Å². The van der Waals surface area contributed by atoms with E-state index in [0.717, 1.165) is 61.9 Å². The summed E-state index contributed by atoms with van der Waals surface area (Å²) in [6, 6.07) is 12.0. The van der Waals surface area contributed by atoms with Gasteiger partial charge in [0.05, 0.1) is 55.8 Å². The predicted molar refractivity (Wildman–Crippen MR) is 238 cm³/mol. The van der Waals surface area contributed by atoms with Gasteiger partial charge in [0.25, 0.3) is 0 Å². The highest BCUT2D eigenvalue weighted by Crippen LogP contribution is 2.44. The smallest absolute Gasteiger partial charge is 0.407 e. The maximum absolute atomic E-state index is 14.2. The van der Waals surface area contributed by atoms with Crippen LogP contribution in [-0.2, 0) is 30.4 Å². The summed E-state index contributed by atoms with van der Waals surface area (Å²) < 4.78 is 21.6. The number of nitrogens with zero attached hydrogens (tertiary/aromatic N) is 4. The molecule has 2 aromatic heterocycles. The first kappa shape index (κ1) is 44.4.